The highest BCUT2D eigenvalue weighted by atomic mass is 16.5. The van der Waals surface area contributed by atoms with Crippen molar-refractivity contribution in [2.45, 2.75) is 25.4 Å². The second-order valence-electron chi connectivity index (χ2n) is 8.12. The van der Waals surface area contributed by atoms with Gasteiger partial charge in [0.15, 0.2) is 0 Å². The van der Waals surface area contributed by atoms with Gasteiger partial charge in [-0.1, -0.05) is 67.8 Å². The summed E-state index contributed by atoms with van der Waals surface area (Å²) < 4.78 is 5.31. The van der Waals surface area contributed by atoms with Gasteiger partial charge in [-0.15, -0.1) is 0 Å². The van der Waals surface area contributed by atoms with Crippen molar-refractivity contribution in [1.82, 2.24) is 10.2 Å². The summed E-state index contributed by atoms with van der Waals surface area (Å²) in [6.45, 7) is 10.5. The predicted octanol–water partition coefficient (Wildman–Crippen LogP) is 4.43. The highest BCUT2D eigenvalue weighted by molar-refractivity contribution is 5.98. The van der Waals surface area contributed by atoms with Crippen molar-refractivity contribution in [1.29, 1.82) is 0 Å². The van der Waals surface area contributed by atoms with Crippen molar-refractivity contribution < 1.29 is 9.53 Å². The van der Waals surface area contributed by atoms with Crippen molar-refractivity contribution in [3.8, 4) is 5.75 Å². The van der Waals surface area contributed by atoms with E-state index in [0.29, 0.717) is 24.5 Å². The Morgan fingerprint density at radius 1 is 1.22 bits per heavy atom. The number of nitrogens with one attached hydrogen (secondary N) is 1. The number of methoxy groups -OCH3 is 1. The molecule has 32 heavy (non-hydrogen) atoms. The summed E-state index contributed by atoms with van der Waals surface area (Å²) in [6, 6.07) is 13.9. The molecule has 2 aromatic carbocycles. The highest BCUT2D eigenvalue weighted by Crippen LogP contribution is 2.31. The second kappa shape index (κ2) is 10.1. The zero-order valence-electron chi connectivity index (χ0n) is 18.8. The molecule has 5 nitrogen and oxygen atoms in total. The monoisotopic (exact) mass is 429 g/mol. The smallest absolute Gasteiger partial charge is 0.254 e. The van der Waals surface area contributed by atoms with E-state index in [-0.39, 0.29) is 5.91 Å². The van der Waals surface area contributed by atoms with E-state index in [1.54, 1.807) is 13.2 Å². The van der Waals surface area contributed by atoms with Crippen LogP contribution in [0, 0.1) is 0 Å². The van der Waals surface area contributed by atoms with Crippen LogP contribution in [-0.2, 0) is 18.5 Å². The van der Waals surface area contributed by atoms with Gasteiger partial charge in [0.2, 0.25) is 0 Å². The van der Waals surface area contributed by atoms with Crippen LogP contribution in [0.25, 0.3) is 0 Å². The second-order valence-corrected chi connectivity index (χ2v) is 8.12. The molecular formula is C27H31N3O2. The van der Waals surface area contributed by atoms with Crippen LogP contribution in [0.5, 0.6) is 5.75 Å². The van der Waals surface area contributed by atoms with Crippen molar-refractivity contribution in [3.63, 3.8) is 0 Å². The molecule has 0 saturated carbocycles. The van der Waals surface area contributed by atoms with Crippen LogP contribution in [0.2, 0.25) is 0 Å². The average Bonchev–Trinajstić information content (AvgIpc) is 3.07. The van der Waals surface area contributed by atoms with Gasteiger partial charge in [-0.2, -0.15) is 0 Å². The average molecular weight is 430 g/mol. The summed E-state index contributed by atoms with van der Waals surface area (Å²) in [5, 5.41) is 3.29. The lowest BCUT2D eigenvalue weighted by atomic mass is 9.90. The van der Waals surface area contributed by atoms with Gasteiger partial charge in [-0.05, 0) is 48.2 Å². The molecular weight excluding hydrogens is 398 g/mol. The third-order valence-electron chi connectivity index (χ3n) is 5.57. The number of amides is 1. The molecule has 1 heterocycles. The van der Waals surface area contributed by atoms with Crippen LogP contribution in [0.1, 0.15) is 34.0 Å². The third kappa shape index (κ3) is 5.30. The molecule has 0 fully saturated rings. The Hall–Kier alpha value is -3.73. The van der Waals surface area contributed by atoms with Gasteiger partial charge in [-0.3, -0.25) is 4.79 Å². The number of carbonyl (C=O) groups is 1. The Balaban J connectivity index is 1.78. The van der Waals surface area contributed by atoms with Crippen molar-refractivity contribution in [3.05, 3.63) is 114 Å². The normalized spacial score (nSPS) is 15.1. The lowest BCUT2D eigenvalue weighted by molar-refractivity contribution is 0.0729. The number of nitrogens with two attached hydrogens (primary N) is 1. The van der Waals surface area contributed by atoms with E-state index in [1.165, 1.54) is 5.56 Å². The lowest BCUT2D eigenvalue weighted by Gasteiger charge is -2.36. The van der Waals surface area contributed by atoms with Gasteiger partial charge in [-0.25, -0.2) is 0 Å². The molecule has 5 heteroatoms. The fourth-order valence-electron chi connectivity index (χ4n) is 3.99. The van der Waals surface area contributed by atoms with Crippen molar-refractivity contribution in [2.75, 3.05) is 13.7 Å². The standard InChI is InChI=1S/C27H31N3O2/c1-5-6-7-8-9-10-21-11-13-23(14-12-21)27(3,29-20(2)28)19-30-18-22-17-24(32-4)15-16-25(22)26(30)31/h5-9,11-17,29H,1-2,10,18-19,28H2,3-4H3/b7-6-,9-8-. The number of ether oxygens (including phenoxy) is 1. The summed E-state index contributed by atoms with van der Waals surface area (Å²) in [6.07, 6.45) is 10.5. The number of rotatable bonds is 10. The molecule has 1 amide bonds. The summed E-state index contributed by atoms with van der Waals surface area (Å²) in [4.78, 5) is 14.9. The molecule has 0 saturated heterocycles. The van der Waals surface area contributed by atoms with Gasteiger partial charge < -0.3 is 20.7 Å². The molecule has 3 N–H and O–H groups in total. The van der Waals surface area contributed by atoms with Gasteiger partial charge >= 0.3 is 0 Å². The zero-order valence-corrected chi connectivity index (χ0v) is 18.8. The summed E-state index contributed by atoms with van der Waals surface area (Å²) in [5.74, 6) is 1.12. The predicted molar refractivity (Wildman–Crippen MR) is 130 cm³/mol. The first kappa shape index (κ1) is 22.9. The Labute approximate surface area is 190 Å². The number of nitrogens with zero attached hydrogens (tertiary/aromatic N) is 1. The van der Waals surface area contributed by atoms with Gasteiger partial charge in [0.1, 0.15) is 5.75 Å². The molecule has 0 radical (unpaired) electrons. The van der Waals surface area contributed by atoms with Crippen molar-refractivity contribution >= 4 is 5.91 Å². The first-order valence-corrected chi connectivity index (χ1v) is 10.6. The number of carbonyl (C=O) groups excluding carboxylic acids is 1. The molecule has 0 aliphatic carbocycles. The number of fused-ring (bicyclic) bond motifs is 1. The van der Waals surface area contributed by atoms with E-state index in [4.69, 9.17) is 10.5 Å². The molecule has 3 rings (SSSR count). The largest absolute Gasteiger partial charge is 0.497 e. The van der Waals surface area contributed by atoms with Gasteiger partial charge in [0, 0.05) is 18.7 Å². The number of hydrogen-bond donors (Lipinski definition) is 2. The van der Waals surface area contributed by atoms with Crippen LogP contribution in [0.15, 0.2) is 91.8 Å². The molecule has 1 unspecified atom stereocenters. The van der Waals surface area contributed by atoms with E-state index in [1.807, 2.05) is 48.3 Å². The zero-order chi connectivity index (χ0) is 23.1. The molecule has 0 spiro atoms. The van der Waals surface area contributed by atoms with E-state index in [2.05, 4.69) is 48.8 Å². The molecule has 1 aliphatic rings. The minimum Gasteiger partial charge on any atom is -0.497 e. The first-order chi connectivity index (χ1) is 15.4. The van der Waals surface area contributed by atoms with Crippen LogP contribution in [0.4, 0.5) is 0 Å². The molecule has 2 aromatic rings. The molecule has 166 valence electrons. The van der Waals surface area contributed by atoms with Crippen LogP contribution >= 0.6 is 0 Å². The summed E-state index contributed by atoms with van der Waals surface area (Å²) >= 11 is 0. The Bertz CT molecular complexity index is 1050. The quantitative estimate of drug-likeness (QED) is 0.549. The minimum absolute atomic E-state index is 0.00708. The Kier molecular flexibility index (Phi) is 7.21. The Morgan fingerprint density at radius 3 is 2.62 bits per heavy atom. The lowest BCUT2D eigenvalue weighted by Crippen LogP contribution is -2.49. The number of hydrogen-bond acceptors (Lipinski definition) is 4. The molecule has 1 atom stereocenters. The van der Waals surface area contributed by atoms with E-state index < -0.39 is 5.54 Å². The van der Waals surface area contributed by atoms with E-state index >= 15 is 0 Å². The summed E-state index contributed by atoms with van der Waals surface area (Å²) in [7, 11) is 1.63. The fourth-order valence-corrected chi connectivity index (χ4v) is 3.99. The fraction of sp³-hybridized carbons (Fsp3) is 0.222. The maximum Gasteiger partial charge on any atom is 0.254 e. The third-order valence-corrected chi connectivity index (χ3v) is 5.57. The number of benzene rings is 2. The van der Waals surface area contributed by atoms with Crippen LogP contribution in [0.3, 0.4) is 0 Å². The van der Waals surface area contributed by atoms with E-state index in [0.717, 1.165) is 23.3 Å². The molecule has 1 aliphatic heterocycles. The first-order valence-electron chi connectivity index (χ1n) is 10.6. The number of allylic oxidation sites excluding steroid dienone is 5. The van der Waals surface area contributed by atoms with Crippen LogP contribution in [-0.4, -0.2) is 24.5 Å². The maximum absolute atomic E-state index is 13.0. The Morgan fingerprint density at radius 2 is 1.97 bits per heavy atom. The molecule has 0 bridgehead atoms. The highest BCUT2D eigenvalue weighted by Gasteiger charge is 2.35. The topological polar surface area (TPSA) is 67.6 Å². The van der Waals surface area contributed by atoms with Crippen molar-refractivity contribution in [2.24, 2.45) is 5.73 Å². The summed E-state index contributed by atoms with van der Waals surface area (Å²) in [5.41, 5.74) is 9.26. The SMILES string of the molecule is C=C/C=C\C=C/Cc1ccc(C(C)(CN2Cc3cc(OC)ccc3C2=O)NC(=C)N)cc1. The maximum atomic E-state index is 13.0. The van der Waals surface area contributed by atoms with Crippen LogP contribution < -0.4 is 15.8 Å². The van der Waals surface area contributed by atoms with Gasteiger partial charge in [0.25, 0.3) is 5.91 Å². The van der Waals surface area contributed by atoms with Gasteiger partial charge in [0.05, 0.1) is 18.5 Å². The minimum atomic E-state index is -0.589. The molecule has 0 aromatic heterocycles. The van der Waals surface area contributed by atoms with E-state index in [9.17, 15) is 4.79 Å².